The number of nitrogens with zero attached hydrogens (tertiary/aromatic N) is 2. The van der Waals surface area contributed by atoms with Crippen LogP contribution in [0.25, 0.3) is 0 Å². The summed E-state index contributed by atoms with van der Waals surface area (Å²) in [7, 11) is 0. The highest BCUT2D eigenvalue weighted by molar-refractivity contribution is 6.23. The summed E-state index contributed by atoms with van der Waals surface area (Å²) in [6.45, 7) is 3.78. The lowest BCUT2D eigenvalue weighted by Gasteiger charge is -2.45. The third-order valence-corrected chi connectivity index (χ3v) is 8.89. The first-order valence-electron chi connectivity index (χ1n) is 13.0. The van der Waals surface area contributed by atoms with Gasteiger partial charge >= 0.3 is 0 Å². The van der Waals surface area contributed by atoms with E-state index < -0.39 is 11.8 Å². The first kappa shape index (κ1) is 21.5. The number of piperidine rings is 1. The Morgan fingerprint density at radius 2 is 1.14 bits per heavy atom. The van der Waals surface area contributed by atoms with Crippen molar-refractivity contribution in [3.8, 4) is 0 Å². The highest BCUT2D eigenvalue weighted by Gasteiger charge is 2.61. The van der Waals surface area contributed by atoms with Gasteiger partial charge in [0.05, 0.1) is 17.5 Å². The number of hydrogen-bond donors (Lipinski definition) is 0. The molecule has 5 aliphatic rings. The molecule has 0 spiro atoms. The van der Waals surface area contributed by atoms with Crippen molar-refractivity contribution in [1.29, 1.82) is 0 Å². The van der Waals surface area contributed by atoms with E-state index in [2.05, 4.69) is 31.2 Å². The second kappa shape index (κ2) is 7.89. The maximum atomic E-state index is 13.9. The Kier molecular flexibility index (Phi) is 4.72. The van der Waals surface area contributed by atoms with Crippen molar-refractivity contribution in [3.63, 3.8) is 0 Å². The molecule has 3 aromatic carbocycles. The zero-order chi connectivity index (χ0) is 24.6. The van der Waals surface area contributed by atoms with Crippen LogP contribution in [0.4, 0.5) is 5.69 Å². The molecule has 5 nitrogen and oxygen atoms in total. The molecule has 3 aromatic rings. The fraction of sp³-hybridized carbons (Fsp3) is 0.323. The number of rotatable bonds is 2. The average molecular weight is 477 g/mol. The predicted octanol–water partition coefficient (Wildman–Crippen LogP) is 4.96. The molecule has 0 saturated carbocycles. The molecule has 3 amide bonds. The van der Waals surface area contributed by atoms with Crippen molar-refractivity contribution in [2.24, 2.45) is 17.8 Å². The summed E-state index contributed by atoms with van der Waals surface area (Å²) in [4.78, 5) is 44.1. The zero-order valence-corrected chi connectivity index (χ0v) is 20.3. The molecule has 180 valence electrons. The quantitative estimate of drug-likeness (QED) is 0.492. The molecule has 2 bridgehead atoms. The van der Waals surface area contributed by atoms with E-state index in [4.69, 9.17) is 0 Å². The minimum Gasteiger partial charge on any atom is -0.339 e. The van der Waals surface area contributed by atoms with E-state index in [1.165, 1.54) is 27.2 Å². The van der Waals surface area contributed by atoms with Gasteiger partial charge in [0.1, 0.15) is 0 Å². The van der Waals surface area contributed by atoms with Crippen LogP contribution in [-0.4, -0.2) is 35.7 Å². The van der Waals surface area contributed by atoms with E-state index in [1.54, 1.807) is 24.3 Å². The van der Waals surface area contributed by atoms with Crippen molar-refractivity contribution in [2.45, 2.75) is 31.6 Å². The maximum Gasteiger partial charge on any atom is 0.253 e. The van der Waals surface area contributed by atoms with Gasteiger partial charge in [0, 0.05) is 30.5 Å². The van der Waals surface area contributed by atoms with Gasteiger partial charge in [-0.2, -0.15) is 0 Å². The van der Waals surface area contributed by atoms with Crippen LogP contribution in [-0.2, 0) is 9.59 Å². The Hall–Kier alpha value is -3.73. The standard InChI is InChI=1S/C31H28N2O3/c1-18-14-16-32(17-15-18)29(34)19-10-12-20(13-11-19)33-30(35)27-25-21-6-2-3-7-22(21)26(28(27)31(33)36)24-9-5-4-8-23(24)25/h2-13,18,25-28H,14-17H2,1H3/t25?,26?,27-,28-/m0/s1. The average Bonchev–Trinajstić information content (AvgIpc) is 3.19. The van der Waals surface area contributed by atoms with Crippen molar-refractivity contribution in [1.82, 2.24) is 4.90 Å². The molecule has 0 N–H and O–H groups in total. The number of carbonyl (C=O) groups is 3. The summed E-state index contributed by atoms with van der Waals surface area (Å²) < 4.78 is 0. The molecule has 36 heavy (non-hydrogen) atoms. The summed E-state index contributed by atoms with van der Waals surface area (Å²) >= 11 is 0. The molecule has 2 aliphatic heterocycles. The van der Waals surface area contributed by atoms with Crippen LogP contribution >= 0.6 is 0 Å². The Morgan fingerprint density at radius 1 is 0.694 bits per heavy atom. The maximum absolute atomic E-state index is 13.9. The van der Waals surface area contributed by atoms with E-state index in [0.29, 0.717) is 17.2 Å². The van der Waals surface area contributed by atoms with Crippen LogP contribution in [0.5, 0.6) is 0 Å². The monoisotopic (exact) mass is 476 g/mol. The van der Waals surface area contributed by atoms with Crippen molar-refractivity contribution in [2.75, 3.05) is 18.0 Å². The molecule has 5 heteroatoms. The Bertz CT molecular complexity index is 1290. The molecule has 3 aliphatic carbocycles. The van der Waals surface area contributed by atoms with E-state index in [0.717, 1.165) is 25.9 Å². The molecule has 0 radical (unpaired) electrons. The second-order valence-electron chi connectivity index (χ2n) is 10.8. The number of carbonyl (C=O) groups excluding carboxylic acids is 3. The lowest BCUT2D eigenvalue weighted by atomic mass is 9.55. The fourth-order valence-corrected chi connectivity index (χ4v) is 7.08. The molecule has 0 aromatic heterocycles. The number of likely N-dealkylation sites (tertiary alicyclic amines) is 1. The minimum atomic E-state index is -0.399. The fourth-order valence-electron chi connectivity index (χ4n) is 7.08. The van der Waals surface area contributed by atoms with Gasteiger partial charge in [-0.3, -0.25) is 14.4 Å². The predicted molar refractivity (Wildman–Crippen MR) is 137 cm³/mol. The molecule has 2 saturated heterocycles. The van der Waals surface area contributed by atoms with E-state index in [9.17, 15) is 14.4 Å². The molecule has 2 fully saturated rings. The minimum absolute atomic E-state index is 0.0186. The van der Waals surface area contributed by atoms with Gasteiger partial charge in [-0.15, -0.1) is 0 Å². The second-order valence-corrected chi connectivity index (χ2v) is 10.8. The van der Waals surface area contributed by atoms with Crippen LogP contribution < -0.4 is 4.90 Å². The third kappa shape index (κ3) is 2.92. The van der Waals surface area contributed by atoms with Gasteiger partial charge in [-0.05, 0) is 65.3 Å². The topological polar surface area (TPSA) is 57.7 Å². The Morgan fingerprint density at radius 3 is 1.58 bits per heavy atom. The summed E-state index contributed by atoms with van der Waals surface area (Å²) in [6.07, 6.45) is 2.05. The Balaban J connectivity index is 1.23. The smallest absolute Gasteiger partial charge is 0.253 e. The third-order valence-electron chi connectivity index (χ3n) is 8.89. The highest BCUT2D eigenvalue weighted by atomic mass is 16.2. The van der Waals surface area contributed by atoms with Gasteiger partial charge < -0.3 is 4.90 Å². The first-order chi connectivity index (χ1) is 17.5. The van der Waals surface area contributed by atoms with Gasteiger partial charge in [0.25, 0.3) is 5.91 Å². The first-order valence-corrected chi connectivity index (χ1v) is 13.0. The number of imide groups is 1. The summed E-state index contributed by atoms with van der Waals surface area (Å²) in [5.74, 6) is -0.619. The molecular formula is C31H28N2O3. The number of anilines is 1. The van der Waals surface area contributed by atoms with Crippen molar-refractivity contribution < 1.29 is 14.4 Å². The molecule has 2 heterocycles. The summed E-state index contributed by atoms with van der Waals surface area (Å²) in [5.41, 5.74) is 5.83. The van der Waals surface area contributed by atoms with Gasteiger partial charge in [0.15, 0.2) is 0 Å². The summed E-state index contributed by atoms with van der Waals surface area (Å²) in [5, 5.41) is 0. The van der Waals surface area contributed by atoms with Crippen LogP contribution in [0.2, 0.25) is 0 Å². The van der Waals surface area contributed by atoms with E-state index in [-0.39, 0.29) is 29.6 Å². The largest absolute Gasteiger partial charge is 0.339 e. The lowest BCUT2D eigenvalue weighted by molar-refractivity contribution is -0.122. The van der Waals surface area contributed by atoms with Crippen LogP contribution in [0.1, 0.15) is 64.2 Å². The highest BCUT2D eigenvalue weighted by Crippen LogP contribution is 2.61. The van der Waals surface area contributed by atoms with E-state index in [1.807, 2.05) is 29.2 Å². The number of hydrogen-bond acceptors (Lipinski definition) is 3. The van der Waals surface area contributed by atoms with Crippen molar-refractivity contribution in [3.05, 3.63) is 101 Å². The van der Waals surface area contributed by atoms with Crippen LogP contribution in [0, 0.1) is 17.8 Å². The summed E-state index contributed by atoms with van der Waals surface area (Å²) in [6, 6.07) is 23.6. The number of benzene rings is 3. The van der Waals surface area contributed by atoms with Gasteiger partial charge in [-0.1, -0.05) is 55.5 Å². The molecule has 2 atom stereocenters. The molecular weight excluding hydrogens is 448 g/mol. The zero-order valence-electron chi connectivity index (χ0n) is 20.3. The SMILES string of the molecule is CC1CCN(C(=O)c2ccc(N3C(=O)[C@H]4C5c6ccccc6C(c6ccccc65)[C@@H]4C3=O)cc2)CC1. The molecule has 0 unspecified atom stereocenters. The van der Waals surface area contributed by atoms with Crippen LogP contribution in [0.3, 0.4) is 0 Å². The Labute approximate surface area is 210 Å². The van der Waals surface area contributed by atoms with Gasteiger partial charge in [0.2, 0.25) is 11.8 Å². The molecule has 8 rings (SSSR count). The van der Waals surface area contributed by atoms with Crippen LogP contribution in [0.15, 0.2) is 72.8 Å². The van der Waals surface area contributed by atoms with Crippen molar-refractivity contribution >= 4 is 23.4 Å². The lowest BCUT2D eigenvalue weighted by Crippen LogP contribution is -2.41. The van der Waals surface area contributed by atoms with Gasteiger partial charge in [-0.25, -0.2) is 4.90 Å². The normalized spacial score (nSPS) is 26.6. The number of amides is 3. The van der Waals surface area contributed by atoms with E-state index >= 15 is 0 Å².